The lowest BCUT2D eigenvalue weighted by atomic mass is 9.92. The lowest BCUT2D eigenvalue weighted by Gasteiger charge is -2.20. The predicted octanol–water partition coefficient (Wildman–Crippen LogP) is 3.47. The second-order valence-corrected chi connectivity index (χ2v) is 7.44. The summed E-state index contributed by atoms with van der Waals surface area (Å²) in [7, 11) is 0. The fraction of sp³-hybridized carbons (Fsp3) is 0.350. The molecule has 0 aliphatic carbocycles. The van der Waals surface area contributed by atoms with E-state index < -0.39 is 47.9 Å². The Morgan fingerprint density at radius 3 is 2.39 bits per heavy atom. The third kappa shape index (κ3) is 4.19. The van der Waals surface area contributed by atoms with Crippen LogP contribution < -0.4 is 10.4 Å². The van der Waals surface area contributed by atoms with Gasteiger partial charge in [0.25, 0.3) is 0 Å². The molecule has 0 N–H and O–H groups in total. The van der Waals surface area contributed by atoms with Gasteiger partial charge < -0.3 is 9.47 Å². The number of tetrazole rings is 1. The van der Waals surface area contributed by atoms with Gasteiger partial charge in [-0.25, -0.2) is 22.4 Å². The second-order valence-electron chi connectivity index (χ2n) is 7.44. The molecule has 4 rings (SSSR count). The lowest BCUT2D eigenvalue weighted by molar-refractivity contribution is -0.148. The van der Waals surface area contributed by atoms with Crippen LogP contribution in [0.4, 0.5) is 26.3 Å². The zero-order chi connectivity index (χ0) is 24.0. The monoisotopic (exact) mass is 474 g/mol. The maximum Gasteiger partial charge on any atom is 0.368 e. The van der Waals surface area contributed by atoms with Gasteiger partial charge >= 0.3 is 18.0 Å². The van der Waals surface area contributed by atoms with Crippen molar-refractivity contribution in [1.82, 2.24) is 19.8 Å². The summed E-state index contributed by atoms with van der Waals surface area (Å²) in [5.41, 5.74) is -1.68. The molecule has 2 aromatic carbocycles. The van der Waals surface area contributed by atoms with E-state index in [4.69, 9.17) is 4.74 Å². The van der Waals surface area contributed by atoms with E-state index in [0.29, 0.717) is 6.07 Å². The lowest BCUT2D eigenvalue weighted by Crippen LogP contribution is -2.34. The quantitative estimate of drug-likeness (QED) is 0.369. The normalized spacial score (nSPS) is 19.0. The van der Waals surface area contributed by atoms with Gasteiger partial charge in [0.2, 0.25) is 0 Å². The summed E-state index contributed by atoms with van der Waals surface area (Å²) in [5.74, 6) is -6.01. The number of hydrogen-bond acceptors (Lipinski definition) is 5. The third-order valence-corrected chi connectivity index (χ3v) is 5.32. The molecule has 13 heteroatoms. The van der Waals surface area contributed by atoms with Gasteiger partial charge in [-0.1, -0.05) is 6.07 Å². The topological polar surface area (TPSA) is 74.5 Å². The van der Waals surface area contributed by atoms with E-state index in [2.05, 4.69) is 15.2 Å². The first-order valence-electron chi connectivity index (χ1n) is 9.58. The summed E-state index contributed by atoms with van der Waals surface area (Å²) in [6.07, 6.45) is -3.87. The summed E-state index contributed by atoms with van der Waals surface area (Å²) < 4.78 is 90.0. The molecule has 1 fully saturated rings. The first-order chi connectivity index (χ1) is 15.5. The van der Waals surface area contributed by atoms with Crippen molar-refractivity contribution in [1.29, 1.82) is 0 Å². The van der Waals surface area contributed by atoms with Crippen molar-refractivity contribution in [3.8, 4) is 11.4 Å². The highest BCUT2D eigenvalue weighted by molar-refractivity contribution is 5.36. The van der Waals surface area contributed by atoms with Crippen LogP contribution >= 0.6 is 0 Å². The molecule has 3 aromatic rings. The van der Waals surface area contributed by atoms with Gasteiger partial charge in [0.1, 0.15) is 23.0 Å². The molecular formula is C20H16F6N4O3. The number of benzene rings is 2. The minimum Gasteiger partial charge on any atom is -0.487 e. The van der Waals surface area contributed by atoms with Crippen LogP contribution in [-0.4, -0.2) is 45.4 Å². The minimum atomic E-state index is -4.31. The summed E-state index contributed by atoms with van der Waals surface area (Å²) in [5, 5.41) is 7.57. The number of epoxide rings is 1. The van der Waals surface area contributed by atoms with E-state index in [1.807, 2.05) is 0 Å². The number of rotatable bonds is 8. The Morgan fingerprint density at radius 1 is 1.15 bits per heavy atom. The average Bonchev–Trinajstić information content (AvgIpc) is 3.48. The molecule has 7 nitrogen and oxygen atoms in total. The zero-order valence-corrected chi connectivity index (χ0v) is 16.9. The Morgan fingerprint density at radius 2 is 1.82 bits per heavy atom. The molecule has 0 amide bonds. The van der Waals surface area contributed by atoms with Crippen molar-refractivity contribution in [2.45, 2.75) is 30.9 Å². The molecule has 0 radical (unpaired) electrons. The van der Waals surface area contributed by atoms with Crippen LogP contribution in [0.15, 0.2) is 47.3 Å². The number of hydrogen-bond donors (Lipinski definition) is 0. The Kier molecular flexibility index (Phi) is 5.68. The zero-order valence-electron chi connectivity index (χ0n) is 16.9. The molecule has 1 aliphatic rings. The number of halogens is 6. The summed E-state index contributed by atoms with van der Waals surface area (Å²) in [4.78, 5) is 12.9. The fourth-order valence-electron chi connectivity index (χ4n) is 3.32. The SMILES string of the molecule is C[C@@H](n1nnn(-c2ccc(OCC(F)(F)C(F)F)cc2)c1=O)[C@]1(c2ccc(F)cc2F)CO1. The van der Waals surface area contributed by atoms with Crippen LogP contribution in [0, 0.1) is 11.6 Å². The molecule has 1 aliphatic heterocycles. The van der Waals surface area contributed by atoms with E-state index in [9.17, 15) is 31.1 Å². The van der Waals surface area contributed by atoms with Gasteiger partial charge in [-0.2, -0.15) is 18.1 Å². The Balaban J connectivity index is 1.54. The van der Waals surface area contributed by atoms with Gasteiger partial charge in [0, 0.05) is 11.6 Å². The Hall–Kier alpha value is -3.35. The summed E-state index contributed by atoms with van der Waals surface area (Å²) in [6.45, 7) is 0.126. The first kappa shape index (κ1) is 22.8. The predicted molar refractivity (Wildman–Crippen MR) is 101 cm³/mol. The van der Waals surface area contributed by atoms with Crippen molar-refractivity contribution in [2.24, 2.45) is 0 Å². The molecule has 0 bridgehead atoms. The second kappa shape index (κ2) is 8.21. The maximum absolute atomic E-state index is 14.3. The van der Waals surface area contributed by atoms with E-state index in [0.717, 1.165) is 15.4 Å². The van der Waals surface area contributed by atoms with Crippen molar-refractivity contribution in [3.63, 3.8) is 0 Å². The molecule has 1 aromatic heterocycles. The Labute approximate surface area is 182 Å². The highest BCUT2D eigenvalue weighted by Crippen LogP contribution is 2.48. The smallest absolute Gasteiger partial charge is 0.368 e. The van der Waals surface area contributed by atoms with Crippen LogP contribution in [0.5, 0.6) is 5.75 Å². The van der Waals surface area contributed by atoms with Crippen molar-refractivity contribution < 1.29 is 35.8 Å². The molecule has 2 atom stereocenters. The molecule has 0 unspecified atom stereocenters. The highest BCUT2D eigenvalue weighted by atomic mass is 19.3. The van der Waals surface area contributed by atoms with Crippen LogP contribution in [0.2, 0.25) is 0 Å². The van der Waals surface area contributed by atoms with Crippen molar-refractivity contribution in [3.05, 3.63) is 70.1 Å². The van der Waals surface area contributed by atoms with Gasteiger partial charge in [0.05, 0.1) is 18.3 Å². The number of aromatic nitrogens is 4. The van der Waals surface area contributed by atoms with E-state index >= 15 is 0 Å². The van der Waals surface area contributed by atoms with E-state index in [1.165, 1.54) is 30.3 Å². The maximum atomic E-state index is 14.3. The van der Waals surface area contributed by atoms with Crippen LogP contribution in [-0.2, 0) is 10.3 Å². The van der Waals surface area contributed by atoms with Crippen molar-refractivity contribution in [2.75, 3.05) is 13.2 Å². The molecule has 33 heavy (non-hydrogen) atoms. The van der Waals surface area contributed by atoms with Gasteiger partial charge in [0.15, 0.2) is 6.61 Å². The number of alkyl halides is 4. The molecule has 0 saturated carbocycles. The molecular weight excluding hydrogens is 458 g/mol. The number of ether oxygens (including phenoxy) is 2. The van der Waals surface area contributed by atoms with Gasteiger partial charge in [-0.15, -0.1) is 0 Å². The largest absolute Gasteiger partial charge is 0.487 e. The van der Waals surface area contributed by atoms with Crippen molar-refractivity contribution >= 4 is 0 Å². The first-order valence-corrected chi connectivity index (χ1v) is 9.58. The fourth-order valence-corrected chi connectivity index (χ4v) is 3.32. The van der Waals surface area contributed by atoms with E-state index in [-0.39, 0.29) is 23.6 Å². The summed E-state index contributed by atoms with van der Waals surface area (Å²) >= 11 is 0. The number of nitrogens with zero attached hydrogens (tertiary/aromatic N) is 4. The van der Waals surface area contributed by atoms with Gasteiger partial charge in [-0.05, 0) is 47.7 Å². The van der Waals surface area contributed by atoms with Crippen LogP contribution in [0.1, 0.15) is 18.5 Å². The summed E-state index contributed by atoms with van der Waals surface area (Å²) in [6, 6.07) is 7.21. The highest BCUT2D eigenvalue weighted by Gasteiger charge is 2.55. The van der Waals surface area contributed by atoms with Crippen LogP contribution in [0.3, 0.4) is 0 Å². The third-order valence-electron chi connectivity index (χ3n) is 5.32. The Bertz CT molecular complexity index is 1210. The van der Waals surface area contributed by atoms with Gasteiger partial charge in [-0.3, -0.25) is 0 Å². The minimum absolute atomic E-state index is 0.0694. The molecule has 2 heterocycles. The standard InChI is InChI=1S/C20H16F6N4O3/c1-11(19(9-33-19)15-7-2-12(21)8-16(15)22)29-18(31)30(28-27-29)13-3-5-14(6-4-13)32-10-20(25,26)17(23)24/h2-8,11,17H,9-10H2,1H3/t11-,19+/m1/s1. The molecule has 176 valence electrons. The molecule has 1 saturated heterocycles. The van der Waals surface area contributed by atoms with Crippen LogP contribution in [0.25, 0.3) is 5.69 Å². The molecule has 0 spiro atoms. The van der Waals surface area contributed by atoms with E-state index in [1.54, 1.807) is 6.92 Å². The average molecular weight is 474 g/mol.